The minimum atomic E-state index is -0.207. The van der Waals surface area contributed by atoms with Gasteiger partial charge in [0.2, 0.25) is 0 Å². The summed E-state index contributed by atoms with van der Waals surface area (Å²) in [6.45, 7) is 0.354. The van der Waals surface area contributed by atoms with Gasteiger partial charge in [-0.25, -0.2) is 0 Å². The molecule has 4 nitrogen and oxygen atoms in total. The van der Waals surface area contributed by atoms with Gasteiger partial charge in [-0.1, -0.05) is 23.9 Å². The molecule has 1 atom stereocenters. The second-order valence-corrected chi connectivity index (χ2v) is 5.55. The summed E-state index contributed by atoms with van der Waals surface area (Å²) in [4.78, 5) is 0.997. The fraction of sp³-hybridized carbons (Fsp3) is 0.200. The summed E-state index contributed by atoms with van der Waals surface area (Å²) in [7, 11) is 1.51. The predicted molar refractivity (Wildman–Crippen MR) is 76.2 cm³/mol. The van der Waals surface area contributed by atoms with Crippen molar-refractivity contribution in [2.75, 3.05) is 7.11 Å². The Labute approximate surface area is 121 Å². The Kier molecular flexibility index (Phi) is 3.46. The first-order valence-electron chi connectivity index (χ1n) is 6.15. The SMILES string of the molecule is COc1ccc(C2OCc3c(O)cccc3S2)cc1O. The van der Waals surface area contributed by atoms with Crippen LogP contribution in [0.2, 0.25) is 0 Å². The zero-order valence-corrected chi connectivity index (χ0v) is 11.7. The van der Waals surface area contributed by atoms with E-state index in [0.717, 1.165) is 16.0 Å². The van der Waals surface area contributed by atoms with E-state index < -0.39 is 0 Å². The first kappa shape index (κ1) is 13.1. The summed E-state index contributed by atoms with van der Waals surface area (Å²) in [6.07, 6.45) is 0. The zero-order chi connectivity index (χ0) is 14.1. The molecule has 0 spiro atoms. The van der Waals surface area contributed by atoms with Crippen LogP contribution >= 0.6 is 11.8 Å². The lowest BCUT2D eigenvalue weighted by molar-refractivity contribution is 0.0906. The van der Waals surface area contributed by atoms with Crippen LogP contribution in [0.15, 0.2) is 41.3 Å². The summed E-state index contributed by atoms with van der Waals surface area (Å²) in [6, 6.07) is 10.6. The number of hydrogen-bond donors (Lipinski definition) is 2. The van der Waals surface area contributed by atoms with Crippen molar-refractivity contribution in [1.82, 2.24) is 0 Å². The smallest absolute Gasteiger partial charge is 0.160 e. The standard InChI is InChI=1S/C15H14O4S/c1-18-13-6-5-9(7-12(13)17)15-19-8-10-11(16)3-2-4-14(10)20-15/h2-7,15-17H,8H2,1H3. The van der Waals surface area contributed by atoms with E-state index in [1.165, 1.54) is 18.9 Å². The van der Waals surface area contributed by atoms with Crippen LogP contribution in [-0.4, -0.2) is 17.3 Å². The molecule has 0 bridgehead atoms. The van der Waals surface area contributed by atoms with Gasteiger partial charge in [-0.15, -0.1) is 0 Å². The Morgan fingerprint density at radius 3 is 2.80 bits per heavy atom. The van der Waals surface area contributed by atoms with Crippen molar-refractivity contribution in [3.05, 3.63) is 47.5 Å². The Hall–Kier alpha value is -1.85. The molecule has 2 N–H and O–H groups in total. The molecule has 20 heavy (non-hydrogen) atoms. The molecule has 1 heterocycles. The minimum absolute atomic E-state index is 0.0934. The fourth-order valence-corrected chi connectivity index (χ4v) is 3.25. The molecular formula is C15H14O4S. The number of fused-ring (bicyclic) bond motifs is 1. The topological polar surface area (TPSA) is 58.9 Å². The quantitative estimate of drug-likeness (QED) is 0.887. The highest BCUT2D eigenvalue weighted by Gasteiger charge is 2.24. The van der Waals surface area contributed by atoms with E-state index in [2.05, 4.69) is 0 Å². The molecule has 3 rings (SSSR count). The first-order chi connectivity index (χ1) is 9.69. The van der Waals surface area contributed by atoms with Gasteiger partial charge >= 0.3 is 0 Å². The normalized spacial score (nSPS) is 17.6. The van der Waals surface area contributed by atoms with E-state index in [-0.39, 0.29) is 16.9 Å². The summed E-state index contributed by atoms with van der Waals surface area (Å²) in [5.41, 5.74) is 1.47. The van der Waals surface area contributed by atoms with Crippen molar-refractivity contribution in [2.24, 2.45) is 0 Å². The highest BCUT2D eigenvalue weighted by atomic mass is 32.2. The van der Waals surface area contributed by atoms with Crippen LogP contribution < -0.4 is 4.74 Å². The molecule has 2 aromatic rings. The van der Waals surface area contributed by atoms with Crippen molar-refractivity contribution in [2.45, 2.75) is 16.9 Å². The monoisotopic (exact) mass is 290 g/mol. The number of phenolic OH excluding ortho intramolecular Hbond substituents is 2. The van der Waals surface area contributed by atoms with E-state index in [0.29, 0.717) is 12.4 Å². The van der Waals surface area contributed by atoms with E-state index in [4.69, 9.17) is 9.47 Å². The summed E-state index contributed by atoms with van der Waals surface area (Å²) >= 11 is 1.51. The van der Waals surface area contributed by atoms with Gasteiger partial charge in [0, 0.05) is 10.5 Å². The number of thioether (sulfide) groups is 1. The Balaban J connectivity index is 1.88. The largest absolute Gasteiger partial charge is 0.508 e. The maximum atomic E-state index is 9.83. The summed E-state index contributed by atoms with van der Waals surface area (Å²) in [5.74, 6) is 0.787. The van der Waals surface area contributed by atoms with E-state index in [9.17, 15) is 10.2 Å². The molecule has 5 heteroatoms. The summed E-state index contributed by atoms with van der Waals surface area (Å²) < 4.78 is 10.8. The van der Waals surface area contributed by atoms with Crippen LogP contribution in [0.1, 0.15) is 16.6 Å². The van der Waals surface area contributed by atoms with Crippen molar-refractivity contribution >= 4 is 11.8 Å². The number of phenols is 2. The molecule has 104 valence electrons. The second-order valence-electron chi connectivity index (χ2n) is 4.45. The maximum Gasteiger partial charge on any atom is 0.160 e. The number of aromatic hydroxyl groups is 2. The number of rotatable bonds is 2. The van der Waals surface area contributed by atoms with E-state index in [1.807, 2.05) is 18.2 Å². The highest BCUT2D eigenvalue weighted by molar-refractivity contribution is 7.99. The van der Waals surface area contributed by atoms with Gasteiger partial charge in [-0.2, -0.15) is 0 Å². The lowest BCUT2D eigenvalue weighted by Crippen LogP contribution is -2.08. The van der Waals surface area contributed by atoms with Gasteiger partial charge in [0.15, 0.2) is 11.5 Å². The molecule has 1 aliphatic rings. The van der Waals surface area contributed by atoms with Crippen molar-refractivity contribution in [3.63, 3.8) is 0 Å². The van der Waals surface area contributed by atoms with Crippen LogP contribution in [0.3, 0.4) is 0 Å². The van der Waals surface area contributed by atoms with Gasteiger partial charge < -0.3 is 19.7 Å². The molecule has 0 saturated heterocycles. The fourth-order valence-electron chi connectivity index (χ4n) is 2.14. The van der Waals surface area contributed by atoms with Crippen LogP contribution in [0.5, 0.6) is 17.2 Å². The van der Waals surface area contributed by atoms with Gasteiger partial charge in [0.1, 0.15) is 11.2 Å². The van der Waals surface area contributed by atoms with E-state index >= 15 is 0 Å². The molecule has 1 unspecified atom stereocenters. The number of hydrogen-bond acceptors (Lipinski definition) is 5. The highest BCUT2D eigenvalue weighted by Crippen LogP contribution is 2.46. The predicted octanol–water partition coefficient (Wildman–Crippen LogP) is 3.43. The molecule has 0 aromatic heterocycles. The third-order valence-electron chi connectivity index (χ3n) is 3.20. The molecule has 2 aromatic carbocycles. The molecular weight excluding hydrogens is 276 g/mol. The van der Waals surface area contributed by atoms with Crippen LogP contribution in [0.25, 0.3) is 0 Å². The molecule has 0 amide bonds. The van der Waals surface area contributed by atoms with Crippen LogP contribution in [0, 0.1) is 0 Å². The Morgan fingerprint density at radius 2 is 2.05 bits per heavy atom. The average molecular weight is 290 g/mol. The van der Waals surface area contributed by atoms with Crippen molar-refractivity contribution in [1.29, 1.82) is 0 Å². The minimum Gasteiger partial charge on any atom is -0.508 e. The molecule has 0 fully saturated rings. The van der Waals surface area contributed by atoms with Crippen LogP contribution in [0.4, 0.5) is 0 Å². The van der Waals surface area contributed by atoms with Crippen molar-refractivity contribution < 1.29 is 19.7 Å². The lowest BCUT2D eigenvalue weighted by Gasteiger charge is -2.25. The van der Waals surface area contributed by atoms with Gasteiger partial charge in [-0.05, 0) is 29.8 Å². The van der Waals surface area contributed by atoms with Crippen LogP contribution in [-0.2, 0) is 11.3 Å². The molecule has 0 saturated carbocycles. The van der Waals surface area contributed by atoms with Crippen molar-refractivity contribution in [3.8, 4) is 17.2 Å². The third kappa shape index (κ3) is 2.30. The second kappa shape index (κ2) is 5.26. The third-order valence-corrected chi connectivity index (χ3v) is 4.46. The molecule has 1 aliphatic heterocycles. The Bertz CT molecular complexity index is 642. The lowest BCUT2D eigenvalue weighted by atomic mass is 10.2. The molecule has 0 aliphatic carbocycles. The first-order valence-corrected chi connectivity index (χ1v) is 7.03. The number of methoxy groups -OCH3 is 1. The maximum absolute atomic E-state index is 9.83. The summed E-state index contributed by atoms with van der Waals surface area (Å²) in [5, 5.41) is 19.6. The van der Waals surface area contributed by atoms with Gasteiger partial charge in [-0.3, -0.25) is 0 Å². The number of benzene rings is 2. The molecule has 0 radical (unpaired) electrons. The number of ether oxygens (including phenoxy) is 2. The zero-order valence-electron chi connectivity index (χ0n) is 10.9. The van der Waals surface area contributed by atoms with Gasteiger partial charge in [0.25, 0.3) is 0 Å². The van der Waals surface area contributed by atoms with Gasteiger partial charge in [0.05, 0.1) is 13.7 Å². The average Bonchev–Trinajstić information content (AvgIpc) is 2.47. The Morgan fingerprint density at radius 1 is 1.20 bits per heavy atom. The van der Waals surface area contributed by atoms with E-state index in [1.54, 1.807) is 18.2 Å².